The largest absolute Gasteiger partial charge is 0.491 e. The van der Waals surface area contributed by atoms with Crippen molar-refractivity contribution in [1.29, 1.82) is 0 Å². The van der Waals surface area contributed by atoms with Crippen LogP contribution in [0, 0.1) is 25.1 Å². The number of piperidine rings is 1. The molecule has 4 rings (SSSR count). The molecule has 1 aliphatic heterocycles. The third-order valence-electron chi connectivity index (χ3n) is 7.89. The van der Waals surface area contributed by atoms with E-state index in [4.69, 9.17) is 24.2 Å². The Kier molecular flexibility index (Phi) is 10.3. The second-order valence-corrected chi connectivity index (χ2v) is 13.8. The summed E-state index contributed by atoms with van der Waals surface area (Å²) in [5.41, 5.74) is 5.33. The van der Waals surface area contributed by atoms with E-state index in [1.165, 1.54) is 12.1 Å². The van der Waals surface area contributed by atoms with E-state index in [1.807, 2.05) is 66.8 Å². The lowest BCUT2D eigenvalue weighted by molar-refractivity contribution is -0.171. The lowest BCUT2D eigenvalue weighted by atomic mass is 9.82. The van der Waals surface area contributed by atoms with E-state index in [9.17, 15) is 9.18 Å². The maximum absolute atomic E-state index is 13.6. The number of ether oxygens (including phenoxy) is 3. The Morgan fingerprint density at radius 3 is 2.27 bits per heavy atom. The smallest absolute Gasteiger partial charge is 0.340 e. The summed E-state index contributed by atoms with van der Waals surface area (Å²) in [4.78, 5) is 25.7. The predicted molar refractivity (Wildman–Crippen MR) is 173 cm³/mol. The Labute approximate surface area is 262 Å². The molecule has 1 fully saturated rings. The summed E-state index contributed by atoms with van der Waals surface area (Å²) in [6, 6.07) is 10.3. The van der Waals surface area contributed by atoms with Crippen molar-refractivity contribution in [2.24, 2.45) is 5.41 Å². The molecule has 7 nitrogen and oxygen atoms in total. The molecule has 238 valence electrons. The second kappa shape index (κ2) is 13.6. The van der Waals surface area contributed by atoms with Crippen molar-refractivity contribution >= 4 is 11.7 Å². The van der Waals surface area contributed by atoms with Crippen LogP contribution >= 0.6 is 0 Å². The number of pyridine rings is 2. The molecule has 0 amide bonds. The Morgan fingerprint density at radius 2 is 1.68 bits per heavy atom. The fraction of sp³-hybridized carbons (Fsp3) is 0.528. The number of carbonyl (C=O) groups excluding carboxylic acids is 1. The van der Waals surface area contributed by atoms with Crippen molar-refractivity contribution in [2.45, 2.75) is 99.4 Å². The topological polar surface area (TPSA) is 73.8 Å². The molecule has 2 aromatic heterocycles. The Hall–Kier alpha value is -3.52. The number of halogens is 1. The molecule has 1 aliphatic rings. The molecule has 0 saturated carbocycles. The van der Waals surface area contributed by atoms with Crippen LogP contribution in [0.5, 0.6) is 5.75 Å². The molecule has 3 aromatic rings. The summed E-state index contributed by atoms with van der Waals surface area (Å²) in [6.07, 6.45) is 3.30. The summed E-state index contributed by atoms with van der Waals surface area (Å²) in [5.74, 6) is 0.0104. The quantitative estimate of drug-likeness (QED) is 0.217. The van der Waals surface area contributed by atoms with Crippen molar-refractivity contribution in [2.75, 3.05) is 24.6 Å². The van der Waals surface area contributed by atoms with Crippen LogP contribution < -0.4 is 9.64 Å². The van der Waals surface area contributed by atoms with Gasteiger partial charge >= 0.3 is 5.97 Å². The second-order valence-electron chi connectivity index (χ2n) is 13.8. The molecule has 0 radical (unpaired) electrons. The average Bonchev–Trinajstić information content (AvgIpc) is 2.93. The zero-order valence-electron chi connectivity index (χ0n) is 27.8. The first-order valence-electron chi connectivity index (χ1n) is 15.6. The molecule has 3 heterocycles. The van der Waals surface area contributed by atoms with E-state index in [0.717, 1.165) is 65.4 Å². The summed E-state index contributed by atoms with van der Waals surface area (Å²) in [5, 5.41) is 0. The van der Waals surface area contributed by atoms with Gasteiger partial charge in [-0.05, 0) is 96.6 Å². The highest BCUT2D eigenvalue weighted by Gasteiger charge is 2.37. The van der Waals surface area contributed by atoms with Crippen LogP contribution in [0.3, 0.4) is 0 Å². The third-order valence-corrected chi connectivity index (χ3v) is 7.89. The summed E-state index contributed by atoms with van der Waals surface area (Å²) < 4.78 is 31.5. The van der Waals surface area contributed by atoms with Gasteiger partial charge in [-0.2, -0.15) is 0 Å². The number of hydrogen-bond acceptors (Lipinski definition) is 7. The molecule has 0 spiro atoms. The van der Waals surface area contributed by atoms with Gasteiger partial charge in [-0.25, -0.2) is 14.2 Å². The van der Waals surface area contributed by atoms with Crippen LogP contribution in [-0.4, -0.2) is 47.3 Å². The number of hydrogen-bond donors (Lipinski definition) is 0. The first-order chi connectivity index (χ1) is 20.6. The Bertz CT molecular complexity index is 1440. The SMILES string of the molecule is Cc1nc(-c2cnc(C)c([C@H](OC(C)(C)C)C(=O)OC(C)C)c2N2CCC(C)(C)CC2)ccc1OCCc1ccc(F)cc1. The van der Waals surface area contributed by atoms with Gasteiger partial charge in [-0.3, -0.25) is 4.98 Å². The molecule has 1 aromatic carbocycles. The van der Waals surface area contributed by atoms with E-state index in [2.05, 4.69) is 18.7 Å². The van der Waals surface area contributed by atoms with Gasteiger partial charge in [0.15, 0.2) is 6.10 Å². The average molecular weight is 606 g/mol. The molecule has 1 saturated heterocycles. The number of rotatable bonds is 10. The van der Waals surface area contributed by atoms with Crippen LogP contribution in [0.25, 0.3) is 11.3 Å². The monoisotopic (exact) mass is 605 g/mol. The van der Waals surface area contributed by atoms with Crippen molar-refractivity contribution < 1.29 is 23.4 Å². The fourth-order valence-corrected chi connectivity index (χ4v) is 5.44. The van der Waals surface area contributed by atoms with E-state index in [-0.39, 0.29) is 17.3 Å². The number of esters is 1. The van der Waals surface area contributed by atoms with Crippen LogP contribution in [0.1, 0.15) is 89.9 Å². The predicted octanol–water partition coefficient (Wildman–Crippen LogP) is 7.96. The molecule has 1 atom stereocenters. The Morgan fingerprint density at radius 1 is 1.02 bits per heavy atom. The van der Waals surface area contributed by atoms with E-state index >= 15 is 0 Å². The highest BCUT2D eigenvalue weighted by molar-refractivity contribution is 5.86. The van der Waals surface area contributed by atoms with Gasteiger partial charge in [-0.1, -0.05) is 26.0 Å². The normalized spacial score (nSPS) is 15.8. The van der Waals surface area contributed by atoms with E-state index < -0.39 is 17.7 Å². The van der Waals surface area contributed by atoms with Crippen molar-refractivity contribution in [1.82, 2.24) is 9.97 Å². The number of aryl methyl sites for hydroxylation is 2. The summed E-state index contributed by atoms with van der Waals surface area (Å²) in [6.45, 7) is 20.1. The first-order valence-corrected chi connectivity index (χ1v) is 15.6. The lowest BCUT2D eigenvalue weighted by Gasteiger charge is -2.41. The maximum atomic E-state index is 13.6. The zero-order chi connectivity index (χ0) is 32.2. The number of nitrogens with zero attached hydrogens (tertiary/aromatic N) is 3. The molecule has 0 unspecified atom stereocenters. The third kappa shape index (κ3) is 8.56. The minimum absolute atomic E-state index is 0.235. The van der Waals surface area contributed by atoms with Gasteiger partial charge < -0.3 is 19.1 Å². The van der Waals surface area contributed by atoms with E-state index in [1.54, 1.807) is 12.1 Å². The highest BCUT2D eigenvalue weighted by Crippen LogP contribution is 2.43. The Balaban J connectivity index is 1.75. The number of carbonyl (C=O) groups is 1. The minimum atomic E-state index is -0.954. The van der Waals surface area contributed by atoms with Gasteiger partial charge in [0.05, 0.1) is 35.4 Å². The van der Waals surface area contributed by atoms with Gasteiger partial charge in [0.2, 0.25) is 0 Å². The summed E-state index contributed by atoms with van der Waals surface area (Å²) >= 11 is 0. The molecule has 8 heteroatoms. The number of anilines is 1. The molecule has 0 aliphatic carbocycles. The van der Waals surface area contributed by atoms with E-state index in [0.29, 0.717) is 18.8 Å². The molecular weight excluding hydrogens is 557 g/mol. The van der Waals surface area contributed by atoms with Crippen LogP contribution in [0.4, 0.5) is 10.1 Å². The maximum Gasteiger partial charge on any atom is 0.340 e. The summed E-state index contributed by atoms with van der Waals surface area (Å²) in [7, 11) is 0. The standard InChI is InChI=1S/C36H48FN3O4/c1-23(2)43-34(41)33(44-35(5,6)7)31-25(4)38-22-28(32(31)40-19-17-36(8,9)18-20-40)29-14-15-30(24(3)39-29)42-21-16-26-10-12-27(37)13-11-26/h10-15,22-23,33H,16-21H2,1-9H3/t33-/m0/s1. The zero-order valence-corrected chi connectivity index (χ0v) is 27.8. The molecular formula is C36H48FN3O4. The van der Waals surface area contributed by atoms with Crippen LogP contribution in [0.2, 0.25) is 0 Å². The highest BCUT2D eigenvalue weighted by atomic mass is 19.1. The van der Waals surface area contributed by atoms with Gasteiger partial charge in [0.25, 0.3) is 0 Å². The number of aromatic nitrogens is 2. The lowest BCUT2D eigenvalue weighted by Crippen LogP contribution is -2.39. The molecule has 44 heavy (non-hydrogen) atoms. The van der Waals surface area contributed by atoms with Crippen molar-refractivity contribution in [3.05, 3.63) is 70.9 Å². The molecule has 0 N–H and O–H groups in total. The van der Waals surface area contributed by atoms with Crippen molar-refractivity contribution in [3.8, 4) is 17.0 Å². The van der Waals surface area contributed by atoms with Crippen LogP contribution in [0.15, 0.2) is 42.6 Å². The van der Waals surface area contributed by atoms with Gasteiger partial charge in [0, 0.05) is 42.5 Å². The van der Waals surface area contributed by atoms with Crippen LogP contribution in [-0.2, 0) is 20.7 Å². The first kappa shape index (κ1) is 33.4. The van der Waals surface area contributed by atoms with Gasteiger partial charge in [-0.15, -0.1) is 0 Å². The minimum Gasteiger partial charge on any atom is -0.491 e. The molecule has 0 bridgehead atoms. The van der Waals surface area contributed by atoms with Gasteiger partial charge in [0.1, 0.15) is 11.6 Å². The number of benzene rings is 1. The fourth-order valence-electron chi connectivity index (χ4n) is 5.44. The van der Waals surface area contributed by atoms with Crippen molar-refractivity contribution in [3.63, 3.8) is 0 Å².